The molecule has 0 aromatic carbocycles. The third-order valence-corrected chi connectivity index (χ3v) is 0. The van der Waals surface area contributed by atoms with Gasteiger partial charge in [-0.25, -0.2) is 8.42 Å². The van der Waals surface area contributed by atoms with Crippen LogP contribution < -0.4 is 18.9 Å². The molecule has 0 aliphatic rings. The fraction of sp³-hybridized carbons (Fsp3) is 0. The predicted octanol–water partition coefficient (Wildman–Crippen LogP) is -2.96. The summed E-state index contributed by atoms with van der Waals surface area (Å²) in [6.45, 7) is 0. The van der Waals surface area contributed by atoms with Crippen LogP contribution in [0.5, 0.6) is 0 Å². The van der Waals surface area contributed by atoms with Gasteiger partial charge in [0.15, 0.2) is 0 Å². The first-order valence-electron chi connectivity index (χ1n) is 0.670. The molecule has 0 bridgehead atoms. The first-order valence-corrected chi connectivity index (χ1v) is 2.01. The summed E-state index contributed by atoms with van der Waals surface area (Å²) in [5.74, 6) is 0. The molecule has 6 heavy (non-hydrogen) atoms. The number of rotatable bonds is 0. The van der Waals surface area contributed by atoms with Crippen LogP contribution in [0.4, 0.5) is 3.89 Å². The maximum absolute atomic E-state index is 10.2. The van der Waals surface area contributed by atoms with Gasteiger partial charge in [-0.3, -0.25) is 0 Å². The molecule has 0 heterocycles. The minimum absolute atomic E-state index is 0. The van der Waals surface area contributed by atoms with Crippen LogP contribution in [0.25, 0.3) is 5.14 Å². The van der Waals surface area contributed by atoms with Crippen molar-refractivity contribution in [1.82, 2.24) is 0 Å². The minimum atomic E-state index is -5.17. The smallest absolute Gasteiger partial charge is 0.652 e. The standard InChI is InChI=1S/FNO2S.Li/c1-5(2,3)4;/q-1;+1. The van der Waals surface area contributed by atoms with Crippen LogP contribution >= 0.6 is 0 Å². The first-order chi connectivity index (χ1) is 2.00. The average Bonchev–Trinajstić information content (AvgIpc) is 0.722. The van der Waals surface area contributed by atoms with E-state index in [9.17, 15) is 3.89 Å². The molecular weight excluding hydrogens is 104 g/mol. The van der Waals surface area contributed by atoms with E-state index in [1.807, 2.05) is 0 Å². The van der Waals surface area contributed by atoms with Gasteiger partial charge in [0, 0.05) is 0 Å². The van der Waals surface area contributed by atoms with Gasteiger partial charge in [-0.1, -0.05) is 0 Å². The van der Waals surface area contributed by atoms with E-state index in [-0.39, 0.29) is 18.9 Å². The molecule has 0 amide bonds. The Hall–Kier alpha value is 0.437. The number of halogens is 1. The molecule has 0 aliphatic carbocycles. The van der Waals surface area contributed by atoms with Crippen LogP contribution in [0.1, 0.15) is 0 Å². The normalized spacial score (nSPS) is 9.67. The maximum atomic E-state index is 10.2. The van der Waals surface area contributed by atoms with E-state index in [0.29, 0.717) is 0 Å². The monoisotopic (exact) mass is 104 g/mol. The Morgan fingerprint density at radius 2 is 1.50 bits per heavy atom. The van der Waals surface area contributed by atoms with E-state index >= 15 is 0 Å². The van der Waals surface area contributed by atoms with Crippen molar-refractivity contribution < 1.29 is 31.2 Å². The topological polar surface area (TPSA) is 56.4 Å². The second-order valence-corrected chi connectivity index (χ2v) is 1.24. The van der Waals surface area contributed by atoms with Crippen LogP contribution in [0, 0.1) is 0 Å². The maximum Gasteiger partial charge on any atom is 1.00 e. The molecule has 0 aromatic rings. The van der Waals surface area contributed by atoms with E-state index in [2.05, 4.69) is 0 Å². The van der Waals surface area contributed by atoms with Crippen molar-refractivity contribution in [2.45, 2.75) is 0 Å². The summed E-state index contributed by atoms with van der Waals surface area (Å²) in [5.41, 5.74) is 0. The molecule has 31 valence electrons. The van der Waals surface area contributed by atoms with Gasteiger partial charge in [0.1, 0.15) is 0 Å². The van der Waals surface area contributed by atoms with Crippen molar-refractivity contribution in [1.29, 1.82) is 0 Å². The SMILES string of the molecule is [Li+].[N-]S(=O)(=O)F. The molecule has 0 N–H and O–H groups in total. The first kappa shape index (κ1) is 9.67. The van der Waals surface area contributed by atoms with Crippen molar-refractivity contribution in [3.8, 4) is 0 Å². The summed E-state index contributed by atoms with van der Waals surface area (Å²) < 4.78 is 27.3. The molecule has 0 saturated carbocycles. The molecule has 0 saturated heterocycles. The van der Waals surface area contributed by atoms with Crippen LogP contribution in [0.3, 0.4) is 0 Å². The Bertz CT molecular complexity index is 96.7. The number of hydrogen-bond donors (Lipinski definition) is 0. The Kier molecular flexibility index (Phi) is 4.16. The van der Waals surface area contributed by atoms with Gasteiger partial charge in [0.05, 0.1) is 0 Å². The molecule has 0 unspecified atom stereocenters. The summed E-state index contributed by atoms with van der Waals surface area (Å²) in [5, 5.41) is 6.83. The van der Waals surface area contributed by atoms with Crippen molar-refractivity contribution in [2.24, 2.45) is 0 Å². The summed E-state index contributed by atoms with van der Waals surface area (Å²) in [4.78, 5) is 0. The molecule has 0 aliphatic heterocycles. The van der Waals surface area contributed by atoms with Crippen molar-refractivity contribution in [3.63, 3.8) is 0 Å². The van der Waals surface area contributed by atoms with Crippen LogP contribution in [0.2, 0.25) is 0 Å². The van der Waals surface area contributed by atoms with Gasteiger partial charge in [0.2, 0.25) is 10.4 Å². The molecule has 1 radical (unpaired) electrons. The van der Waals surface area contributed by atoms with Gasteiger partial charge in [0.25, 0.3) is 0 Å². The van der Waals surface area contributed by atoms with E-state index in [0.717, 1.165) is 0 Å². The number of nitrogens with zero attached hydrogens (tertiary/aromatic N) is 1. The Morgan fingerprint density at radius 1 is 1.50 bits per heavy atom. The Balaban J connectivity index is 0. The van der Waals surface area contributed by atoms with E-state index in [1.54, 1.807) is 0 Å². The predicted molar refractivity (Wildman–Crippen MR) is 13.4 cm³/mol. The van der Waals surface area contributed by atoms with Crippen molar-refractivity contribution >= 4 is 10.4 Å². The summed E-state index contributed by atoms with van der Waals surface area (Å²) in [7, 11) is -5.17. The molecule has 0 spiro atoms. The van der Waals surface area contributed by atoms with Gasteiger partial charge in [-0.15, -0.1) is 3.89 Å². The average molecular weight is 104 g/mol. The largest absolute Gasteiger partial charge is 1.00 e. The third kappa shape index (κ3) is 274. The van der Waals surface area contributed by atoms with E-state index < -0.39 is 10.4 Å². The second-order valence-electron chi connectivity index (χ2n) is 0.412. The van der Waals surface area contributed by atoms with Gasteiger partial charge < -0.3 is 5.14 Å². The summed E-state index contributed by atoms with van der Waals surface area (Å²) in [6.07, 6.45) is 0. The summed E-state index contributed by atoms with van der Waals surface area (Å²) in [6, 6.07) is 0. The number of hydrogen-bond acceptors (Lipinski definition) is 2. The molecule has 0 rings (SSSR count). The van der Waals surface area contributed by atoms with Gasteiger partial charge >= 0.3 is 18.9 Å². The van der Waals surface area contributed by atoms with Gasteiger partial charge in [-0.05, 0) is 0 Å². The quantitative estimate of drug-likeness (QED) is 0.243. The Labute approximate surface area is 47.2 Å². The summed E-state index contributed by atoms with van der Waals surface area (Å²) >= 11 is 0. The van der Waals surface area contributed by atoms with Crippen molar-refractivity contribution in [2.75, 3.05) is 0 Å². The molecule has 0 fully saturated rings. The third-order valence-electron chi connectivity index (χ3n) is 0. The van der Waals surface area contributed by atoms with Crippen LogP contribution in [-0.4, -0.2) is 8.42 Å². The zero-order valence-corrected chi connectivity index (χ0v) is 3.87. The zero-order chi connectivity index (χ0) is 4.50. The van der Waals surface area contributed by atoms with Gasteiger partial charge in [-0.2, -0.15) is 0 Å². The second kappa shape index (κ2) is 2.58. The zero-order valence-electron chi connectivity index (χ0n) is 3.05. The Morgan fingerprint density at radius 3 is 1.50 bits per heavy atom. The molecule has 6 heteroatoms. The fourth-order valence-electron chi connectivity index (χ4n) is 0. The fourth-order valence-corrected chi connectivity index (χ4v) is 0. The van der Waals surface area contributed by atoms with Crippen molar-refractivity contribution in [3.05, 3.63) is 5.14 Å². The van der Waals surface area contributed by atoms with Crippen LogP contribution in [0.15, 0.2) is 0 Å². The minimum Gasteiger partial charge on any atom is -0.652 e. The van der Waals surface area contributed by atoms with Crippen LogP contribution in [-0.2, 0) is 10.4 Å². The molecule has 3 nitrogen and oxygen atoms in total. The molecule has 0 aromatic heterocycles. The van der Waals surface area contributed by atoms with E-state index in [1.165, 1.54) is 0 Å². The molecular formula is FLiNO2S. The van der Waals surface area contributed by atoms with E-state index in [4.69, 9.17) is 13.6 Å². The molecule has 0 atom stereocenters.